The van der Waals surface area contributed by atoms with Crippen molar-refractivity contribution in [1.82, 2.24) is 4.98 Å². The van der Waals surface area contributed by atoms with E-state index in [-0.39, 0.29) is 0 Å². The van der Waals surface area contributed by atoms with E-state index < -0.39 is 9.28 Å². The second-order valence-electron chi connectivity index (χ2n) is 3.61. The molecule has 1 heterocycles. The Morgan fingerprint density at radius 2 is 1.94 bits per heavy atom. The summed E-state index contributed by atoms with van der Waals surface area (Å²) in [4.78, 5) is 4.33. The van der Waals surface area contributed by atoms with Gasteiger partial charge in [0.05, 0.1) is 0 Å². The van der Waals surface area contributed by atoms with Crippen molar-refractivity contribution in [2.24, 2.45) is 0 Å². The molecule has 0 spiro atoms. The van der Waals surface area contributed by atoms with E-state index >= 15 is 0 Å². The maximum absolute atomic E-state index is 5.67. The van der Waals surface area contributed by atoms with E-state index in [4.69, 9.17) is 8.85 Å². The summed E-state index contributed by atoms with van der Waals surface area (Å²) in [7, 11) is -1.16. The van der Waals surface area contributed by atoms with Crippen LogP contribution in [0.4, 0.5) is 0 Å². The Bertz CT molecular complexity index is 276. The zero-order valence-electron chi connectivity index (χ0n) is 10.3. The molecule has 0 amide bonds. The van der Waals surface area contributed by atoms with Crippen molar-refractivity contribution in [2.75, 3.05) is 13.2 Å². The van der Waals surface area contributed by atoms with Crippen LogP contribution in [0.25, 0.3) is 0 Å². The lowest BCUT2D eigenvalue weighted by atomic mass is 10.2. The lowest BCUT2D eigenvalue weighted by Crippen LogP contribution is -2.29. The molecule has 89 valence electrons. The summed E-state index contributed by atoms with van der Waals surface area (Å²) >= 11 is 0. The topological polar surface area (TPSA) is 31.4 Å². The normalized spacial score (nSPS) is 13.0. The van der Waals surface area contributed by atoms with Crippen LogP contribution < -0.4 is 0 Å². The highest BCUT2D eigenvalue weighted by molar-refractivity contribution is 6.46. The molecule has 1 aromatic rings. The van der Waals surface area contributed by atoms with E-state index in [1.165, 1.54) is 0 Å². The summed E-state index contributed by atoms with van der Waals surface area (Å²) in [5, 5.41) is 0. The Morgan fingerprint density at radius 3 is 2.44 bits per heavy atom. The predicted molar refractivity (Wildman–Crippen MR) is 66.4 cm³/mol. The maximum Gasteiger partial charge on any atom is 0.388 e. The van der Waals surface area contributed by atoms with Gasteiger partial charge >= 0.3 is 9.28 Å². The van der Waals surface area contributed by atoms with Crippen molar-refractivity contribution in [3.8, 4) is 0 Å². The molecule has 0 saturated heterocycles. The fraction of sp³-hybridized carbons (Fsp3) is 0.583. The van der Waals surface area contributed by atoms with Crippen molar-refractivity contribution < 1.29 is 8.85 Å². The van der Waals surface area contributed by atoms with E-state index in [9.17, 15) is 0 Å². The van der Waals surface area contributed by atoms with Gasteiger partial charge in [-0.1, -0.05) is 13.0 Å². The lowest BCUT2D eigenvalue weighted by molar-refractivity contribution is 0.205. The van der Waals surface area contributed by atoms with Gasteiger partial charge in [-0.25, -0.2) is 0 Å². The smallest absolute Gasteiger partial charge is 0.388 e. The molecular weight excluding hydrogens is 218 g/mol. The molecule has 0 aliphatic carbocycles. The number of hydrogen-bond acceptors (Lipinski definition) is 3. The summed E-state index contributed by atoms with van der Waals surface area (Å²) in [5.41, 5.74) is 1.52. The number of aromatic nitrogens is 1. The highest BCUT2D eigenvalue weighted by Gasteiger charge is 2.24. The van der Waals surface area contributed by atoms with Crippen LogP contribution in [-0.2, 0) is 15.3 Å². The first-order chi connectivity index (χ1) is 7.77. The zero-order valence-corrected chi connectivity index (χ0v) is 11.3. The monoisotopic (exact) mass is 238 g/mol. The van der Waals surface area contributed by atoms with Gasteiger partial charge in [0.25, 0.3) is 0 Å². The third kappa shape index (κ3) is 4.43. The highest BCUT2D eigenvalue weighted by atomic mass is 28.3. The molecule has 1 radical (unpaired) electrons. The van der Waals surface area contributed by atoms with Crippen molar-refractivity contribution in [2.45, 2.75) is 32.7 Å². The summed E-state index contributed by atoms with van der Waals surface area (Å²) < 4.78 is 11.3. The largest absolute Gasteiger partial charge is 0.393 e. The number of pyridine rings is 1. The molecule has 0 aliphatic rings. The molecule has 1 unspecified atom stereocenters. The minimum absolute atomic E-state index is 0.416. The van der Waals surface area contributed by atoms with Gasteiger partial charge in [-0.3, -0.25) is 4.98 Å². The molecule has 0 aliphatic heterocycles. The van der Waals surface area contributed by atoms with Crippen molar-refractivity contribution in [3.63, 3.8) is 0 Å². The Hall–Kier alpha value is -0.713. The molecular formula is C12H20NO2Si. The van der Waals surface area contributed by atoms with E-state index in [1.807, 2.05) is 38.2 Å². The zero-order chi connectivity index (χ0) is 11.8. The second kappa shape index (κ2) is 7.54. The molecule has 16 heavy (non-hydrogen) atoms. The van der Waals surface area contributed by atoms with E-state index in [2.05, 4.69) is 11.9 Å². The van der Waals surface area contributed by atoms with E-state index in [0.29, 0.717) is 5.54 Å². The summed E-state index contributed by atoms with van der Waals surface area (Å²) in [5.74, 6) is 0. The molecule has 3 nitrogen and oxygen atoms in total. The maximum atomic E-state index is 5.67. The molecule has 0 fully saturated rings. The molecule has 0 aromatic carbocycles. The minimum Gasteiger partial charge on any atom is -0.393 e. The molecule has 1 rings (SSSR count). The fourth-order valence-corrected chi connectivity index (χ4v) is 3.12. The van der Waals surface area contributed by atoms with Crippen LogP contribution in [0.1, 0.15) is 26.5 Å². The Labute approximate surface area is 99.7 Å². The minimum atomic E-state index is -1.16. The predicted octanol–water partition coefficient (Wildman–Crippen LogP) is 2.58. The Morgan fingerprint density at radius 1 is 1.25 bits per heavy atom. The third-order valence-electron chi connectivity index (χ3n) is 2.22. The first-order valence-electron chi connectivity index (χ1n) is 5.80. The van der Waals surface area contributed by atoms with Gasteiger partial charge in [0, 0.05) is 30.6 Å². The van der Waals surface area contributed by atoms with E-state index in [1.54, 1.807) is 0 Å². The van der Waals surface area contributed by atoms with Gasteiger partial charge in [-0.15, -0.1) is 0 Å². The lowest BCUT2D eigenvalue weighted by Gasteiger charge is -2.19. The van der Waals surface area contributed by atoms with Crippen molar-refractivity contribution in [3.05, 3.63) is 30.1 Å². The molecule has 0 N–H and O–H groups in total. The first kappa shape index (κ1) is 13.4. The van der Waals surface area contributed by atoms with Crippen LogP contribution in [0.2, 0.25) is 5.54 Å². The molecule has 0 bridgehead atoms. The number of hydrogen-bond donors (Lipinski definition) is 0. The van der Waals surface area contributed by atoms with Crippen LogP contribution in [0.5, 0.6) is 0 Å². The van der Waals surface area contributed by atoms with Crippen LogP contribution >= 0.6 is 0 Å². The Balaban J connectivity index is 2.51. The van der Waals surface area contributed by atoms with Crippen LogP contribution in [0, 0.1) is 0 Å². The summed E-state index contributed by atoms with van der Waals surface area (Å²) in [6.07, 6.45) is 2.75. The Kier molecular flexibility index (Phi) is 6.29. The van der Waals surface area contributed by atoms with Gasteiger partial charge in [-0.05, 0) is 32.4 Å². The second-order valence-corrected chi connectivity index (χ2v) is 5.81. The van der Waals surface area contributed by atoms with Crippen molar-refractivity contribution >= 4 is 9.28 Å². The number of nitrogens with zero attached hydrogens (tertiary/aromatic N) is 1. The highest BCUT2D eigenvalue weighted by Crippen LogP contribution is 2.17. The number of rotatable bonds is 7. The van der Waals surface area contributed by atoms with Crippen molar-refractivity contribution in [1.29, 1.82) is 0 Å². The first-order valence-corrected chi connectivity index (χ1v) is 7.19. The fourth-order valence-electron chi connectivity index (χ4n) is 1.53. The third-order valence-corrected chi connectivity index (χ3v) is 4.37. The van der Waals surface area contributed by atoms with Gasteiger partial charge in [0.2, 0.25) is 0 Å². The SMILES string of the molecule is CCO[Si](OCC)C(C)Cc1ccccn1. The molecule has 1 atom stereocenters. The van der Waals surface area contributed by atoms with Gasteiger partial charge in [0.1, 0.15) is 0 Å². The van der Waals surface area contributed by atoms with Crippen LogP contribution in [-0.4, -0.2) is 27.5 Å². The van der Waals surface area contributed by atoms with Gasteiger partial charge in [-0.2, -0.15) is 0 Å². The van der Waals surface area contributed by atoms with Gasteiger partial charge < -0.3 is 8.85 Å². The van der Waals surface area contributed by atoms with Crippen LogP contribution in [0.15, 0.2) is 24.4 Å². The molecule has 4 heteroatoms. The van der Waals surface area contributed by atoms with Crippen LogP contribution in [0.3, 0.4) is 0 Å². The molecule has 0 saturated carbocycles. The molecule has 1 aromatic heterocycles. The average Bonchev–Trinajstić information content (AvgIpc) is 2.30. The summed E-state index contributed by atoms with van der Waals surface area (Å²) in [6.45, 7) is 7.64. The van der Waals surface area contributed by atoms with Gasteiger partial charge in [0.15, 0.2) is 0 Å². The quantitative estimate of drug-likeness (QED) is 0.684. The standard InChI is InChI=1S/C12H20NO2Si/c1-4-14-16(15-5-2)11(3)10-12-8-6-7-9-13-12/h6-9,11H,4-5,10H2,1-3H3. The van der Waals surface area contributed by atoms with E-state index in [0.717, 1.165) is 25.3 Å². The summed E-state index contributed by atoms with van der Waals surface area (Å²) in [6, 6.07) is 6.00. The average molecular weight is 238 g/mol.